The molecule has 1 aliphatic rings. The molecule has 2 aromatic heterocycles. The van der Waals surface area contributed by atoms with Crippen molar-refractivity contribution in [1.29, 1.82) is 5.26 Å². The van der Waals surface area contributed by atoms with Crippen molar-refractivity contribution >= 4 is 34.3 Å². The number of ether oxygens (including phenoxy) is 1. The van der Waals surface area contributed by atoms with E-state index in [2.05, 4.69) is 4.98 Å². The molecule has 4 aromatic rings. The maximum atomic E-state index is 15.3. The van der Waals surface area contributed by atoms with Crippen LogP contribution in [0.3, 0.4) is 0 Å². The number of benzene rings is 2. The van der Waals surface area contributed by atoms with Gasteiger partial charge in [0, 0.05) is 20.2 Å². The van der Waals surface area contributed by atoms with Crippen LogP contribution in [-0.2, 0) is 24.8 Å². The molecule has 0 bridgehead atoms. The fourth-order valence-electron chi connectivity index (χ4n) is 4.73. The van der Waals surface area contributed by atoms with Crippen molar-refractivity contribution in [3.8, 4) is 11.8 Å². The number of anilines is 3. The van der Waals surface area contributed by atoms with Gasteiger partial charge in [-0.2, -0.15) is 5.26 Å². The quantitative estimate of drug-likeness (QED) is 0.311. The summed E-state index contributed by atoms with van der Waals surface area (Å²) in [5.74, 6) is -0.357. The number of nitrogens with zero attached hydrogens (tertiary/aromatic N) is 6. The number of imidazole rings is 1. The van der Waals surface area contributed by atoms with Crippen LogP contribution in [0.2, 0.25) is 0 Å². The van der Waals surface area contributed by atoms with Crippen LogP contribution in [0.4, 0.5) is 26.1 Å². The average molecular weight is 531 g/mol. The second-order valence-corrected chi connectivity index (χ2v) is 9.65. The van der Waals surface area contributed by atoms with Crippen LogP contribution in [0.25, 0.3) is 11.0 Å². The smallest absolute Gasteiger partial charge is 0.234 e. The lowest BCUT2D eigenvalue weighted by atomic mass is 10.1. The molecule has 200 valence electrons. The summed E-state index contributed by atoms with van der Waals surface area (Å²) in [7, 11) is 5.08. The number of hydrogen-bond donors (Lipinski definition) is 0. The number of hydrogen-bond acceptors (Lipinski definition) is 6. The number of halogens is 2. The number of amides is 1. The van der Waals surface area contributed by atoms with Crippen molar-refractivity contribution in [3.63, 3.8) is 0 Å². The summed E-state index contributed by atoms with van der Waals surface area (Å²) in [5.41, 5.74) is 3.12. The number of nitriles is 1. The van der Waals surface area contributed by atoms with E-state index >= 15 is 4.39 Å². The predicted molar refractivity (Wildman–Crippen MR) is 144 cm³/mol. The molecule has 1 fully saturated rings. The van der Waals surface area contributed by atoms with E-state index in [-0.39, 0.29) is 35.9 Å². The Kier molecular flexibility index (Phi) is 6.91. The SMILES string of the molecule is CCc1cc(C#N)cc(F)c1N(C)c1cc2c(ncn2C)c(N(Cc2ccc(OC)cc2)C(=O)C2CC2F)n1. The molecule has 2 heterocycles. The van der Waals surface area contributed by atoms with Gasteiger partial charge in [0.15, 0.2) is 5.82 Å². The molecule has 1 aliphatic carbocycles. The maximum Gasteiger partial charge on any atom is 0.234 e. The van der Waals surface area contributed by atoms with Crippen molar-refractivity contribution in [2.45, 2.75) is 32.5 Å². The minimum absolute atomic E-state index is 0.142. The Hall–Kier alpha value is -4.52. The van der Waals surface area contributed by atoms with E-state index in [9.17, 15) is 14.4 Å². The van der Waals surface area contributed by atoms with Crippen molar-refractivity contribution in [2.24, 2.45) is 13.0 Å². The summed E-state index contributed by atoms with van der Waals surface area (Å²) < 4.78 is 36.4. The maximum absolute atomic E-state index is 15.3. The van der Waals surface area contributed by atoms with E-state index in [4.69, 9.17) is 9.72 Å². The molecule has 0 saturated heterocycles. The molecule has 8 nitrogen and oxygen atoms in total. The molecule has 0 radical (unpaired) electrons. The molecule has 0 N–H and O–H groups in total. The molecule has 5 rings (SSSR count). The molecule has 0 aliphatic heterocycles. The van der Waals surface area contributed by atoms with Gasteiger partial charge >= 0.3 is 0 Å². The molecule has 2 atom stereocenters. The second kappa shape index (κ2) is 10.3. The van der Waals surface area contributed by atoms with Gasteiger partial charge in [-0.05, 0) is 48.2 Å². The number of methoxy groups -OCH3 is 1. The minimum atomic E-state index is -1.19. The van der Waals surface area contributed by atoms with E-state index in [1.54, 1.807) is 54.2 Å². The normalized spacial score (nSPS) is 16.1. The van der Waals surface area contributed by atoms with E-state index in [0.29, 0.717) is 34.6 Å². The Balaban J connectivity index is 1.65. The highest BCUT2D eigenvalue weighted by Gasteiger charge is 2.46. The summed E-state index contributed by atoms with van der Waals surface area (Å²) in [6.07, 6.45) is 1.08. The van der Waals surface area contributed by atoms with E-state index in [0.717, 1.165) is 5.56 Å². The first-order chi connectivity index (χ1) is 18.7. The number of aryl methyl sites for hydroxylation is 2. The Morgan fingerprint density at radius 1 is 1.26 bits per heavy atom. The van der Waals surface area contributed by atoms with Crippen molar-refractivity contribution in [2.75, 3.05) is 24.0 Å². The largest absolute Gasteiger partial charge is 0.497 e. The molecule has 1 amide bonds. The van der Waals surface area contributed by atoms with E-state index in [1.807, 2.05) is 32.2 Å². The van der Waals surface area contributed by atoms with Crippen LogP contribution in [-0.4, -0.2) is 40.8 Å². The minimum Gasteiger partial charge on any atom is -0.497 e. The van der Waals surface area contributed by atoms with Gasteiger partial charge in [0.1, 0.15) is 29.1 Å². The molecule has 2 aromatic carbocycles. The summed E-state index contributed by atoms with van der Waals surface area (Å²) in [4.78, 5) is 25.9. The van der Waals surface area contributed by atoms with Crippen LogP contribution < -0.4 is 14.5 Å². The molecule has 39 heavy (non-hydrogen) atoms. The van der Waals surface area contributed by atoms with Gasteiger partial charge in [0.05, 0.1) is 48.7 Å². The third-order valence-electron chi connectivity index (χ3n) is 7.06. The standard InChI is InChI=1S/C29H28F2N6O2/c1-5-19-10-18(14-32)11-23(31)27(19)36(3)25-13-24-26(33-16-35(24)2)28(34-25)37(29(38)21-12-22(21)30)15-17-6-8-20(39-4)9-7-17/h6-11,13,16,21-22H,5,12,15H2,1-4H3. The highest BCUT2D eigenvalue weighted by molar-refractivity contribution is 6.03. The second-order valence-electron chi connectivity index (χ2n) is 9.65. The van der Waals surface area contributed by atoms with Crippen molar-refractivity contribution < 1.29 is 18.3 Å². The summed E-state index contributed by atoms with van der Waals surface area (Å²) in [6.45, 7) is 2.03. The molecular weight excluding hydrogens is 502 g/mol. The zero-order valence-electron chi connectivity index (χ0n) is 22.2. The molecule has 10 heteroatoms. The van der Waals surface area contributed by atoms with E-state index in [1.165, 1.54) is 11.0 Å². The predicted octanol–water partition coefficient (Wildman–Crippen LogP) is 5.21. The third kappa shape index (κ3) is 4.88. The van der Waals surface area contributed by atoms with Crippen LogP contribution in [0.5, 0.6) is 5.75 Å². The number of alkyl halides is 1. The number of aromatic nitrogens is 3. The van der Waals surface area contributed by atoms with Crippen LogP contribution in [0.1, 0.15) is 30.0 Å². The molecule has 1 saturated carbocycles. The first-order valence-electron chi connectivity index (χ1n) is 12.6. The first-order valence-corrected chi connectivity index (χ1v) is 12.6. The topological polar surface area (TPSA) is 87.3 Å². The monoisotopic (exact) mass is 530 g/mol. The Morgan fingerprint density at radius 3 is 2.59 bits per heavy atom. The van der Waals surface area contributed by atoms with Gasteiger partial charge in [-0.3, -0.25) is 9.69 Å². The fourth-order valence-corrected chi connectivity index (χ4v) is 4.73. The Morgan fingerprint density at radius 2 is 1.97 bits per heavy atom. The van der Waals surface area contributed by atoms with Crippen molar-refractivity contribution in [3.05, 3.63) is 71.3 Å². The Bertz CT molecular complexity index is 1590. The highest BCUT2D eigenvalue weighted by atomic mass is 19.1. The van der Waals surface area contributed by atoms with Crippen LogP contribution in [0.15, 0.2) is 48.8 Å². The number of fused-ring (bicyclic) bond motifs is 1. The highest BCUT2D eigenvalue weighted by Crippen LogP contribution is 2.39. The summed E-state index contributed by atoms with van der Waals surface area (Å²) in [6, 6.07) is 13.9. The molecule has 2 unspecified atom stereocenters. The average Bonchev–Trinajstić information content (AvgIpc) is 3.57. The zero-order chi connectivity index (χ0) is 27.8. The molecular formula is C29H28F2N6O2. The summed E-state index contributed by atoms with van der Waals surface area (Å²) in [5, 5.41) is 9.30. The lowest BCUT2D eigenvalue weighted by molar-refractivity contribution is -0.120. The van der Waals surface area contributed by atoms with Gasteiger partial charge in [-0.1, -0.05) is 19.1 Å². The van der Waals surface area contributed by atoms with Gasteiger partial charge in [0.2, 0.25) is 5.91 Å². The van der Waals surface area contributed by atoms with Gasteiger partial charge < -0.3 is 14.2 Å². The fraction of sp³-hybridized carbons (Fsp3) is 0.310. The number of pyridine rings is 1. The van der Waals surface area contributed by atoms with Crippen LogP contribution >= 0.6 is 0 Å². The number of carbonyl (C=O) groups excluding carboxylic acids is 1. The first kappa shape index (κ1) is 26.1. The van der Waals surface area contributed by atoms with Crippen LogP contribution in [0, 0.1) is 23.1 Å². The summed E-state index contributed by atoms with van der Waals surface area (Å²) >= 11 is 0. The van der Waals surface area contributed by atoms with Gasteiger partial charge in [-0.25, -0.2) is 18.7 Å². The lowest BCUT2D eigenvalue weighted by Gasteiger charge is -2.26. The molecule has 0 spiro atoms. The zero-order valence-corrected chi connectivity index (χ0v) is 22.2. The van der Waals surface area contributed by atoms with Gasteiger partial charge in [-0.15, -0.1) is 0 Å². The lowest BCUT2D eigenvalue weighted by Crippen LogP contribution is -2.33. The Labute approximate surface area is 225 Å². The van der Waals surface area contributed by atoms with E-state index < -0.39 is 17.9 Å². The third-order valence-corrected chi connectivity index (χ3v) is 7.06. The van der Waals surface area contributed by atoms with Crippen molar-refractivity contribution in [1.82, 2.24) is 14.5 Å². The number of rotatable bonds is 8. The number of carbonyl (C=O) groups is 1. The van der Waals surface area contributed by atoms with Gasteiger partial charge in [0.25, 0.3) is 0 Å².